The molecule has 130 valence electrons. The zero-order valence-electron chi connectivity index (χ0n) is 14.8. The summed E-state index contributed by atoms with van der Waals surface area (Å²) in [6, 6.07) is 10.5. The topological polar surface area (TPSA) is 37.2 Å². The van der Waals surface area contributed by atoms with Crippen molar-refractivity contribution in [3.8, 4) is 0 Å². The van der Waals surface area contributed by atoms with Gasteiger partial charge in [-0.1, -0.05) is 36.4 Å². The minimum Gasteiger partial charge on any atom is -0.378 e. The zero-order chi connectivity index (χ0) is 17.3. The lowest BCUT2D eigenvalue weighted by atomic mass is 10.1. The van der Waals surface area contributed by atoms with Gasteiger partial charge in [-0.2, -0.15) is 10.2 Å². The van der Waals surface area contributed by atoms with E-state index < -0.39 is 0 Å². The van der Waals surface area contributed by atoms with Gasteiger partial charge in [0.05, 0.1) is 19.4 Å². The first-order chi connectivity index (χ1) is 12.4. The molecule has 4 nitrogen and oxygen atoms in total. The first-order valence-electron chi connectivity index (χ1n) is 8.88. The van der Waals surface area contributed by atoms with E-state index in [1.54, 1.807) is 6.21 Å². The lowest BCUT2D eigenvalue weighted by Crippen LogP contribution is -2.36. The molecule has 0 aromatic heterocycles. The third-order valence-electron chi connectivity index (χ3n) is 4.37. The van der Waals surface area contributed by atoms with Crippen molar-refractivity contribution in [1.82, 2.24) is 4.90 Å². The third kappa shape index (κ3) is 4.77. The largest absolute Gasteiger partial charge is 0.378 e. The Morgan fingerprint density at radius 2 is 1.84 bits per heavy atom. The molecule has 1 aromatic rings. The summed E-state index contributed by atoms with van der Waals surface area (Å²) in [5, 5.41) is 8.30. The average molecular weight is 335 g/mol. The van der Waals surface area contributed by atoms with Crippen LogP contribution >= 0.6 is 0 Å². The van der Waals surface area contributed by atoms with Gasteiger partial charge < -0.3 is 9.64 Å². The normalized spacial score (nSPS) is 20.8. The number of hydrogen-bond acceptors (Lipinski definition) is 4. The highest BCUT2D eigenvalue weighted by Gasteiger charge is 2.25. The van der Waals surface area contributed by atoms with Crippen molar-refractivity contribution in [2.75, 3.05) is 26.3 Å². The predicted molar refractivity (Wildman–Crippen MR) is 105 cm³/mol. The molecule has 1 heterocycles. The van der Waals surface area contributed by atoms with E-state index in [4.69, 9.17) is 4.74 Å². The fourth-order valence-electron chi connectivity index (χ4n) is 3.19. The van der Waals surface area contributed by atoms with Crippen LogP contribution in [0.15, 0.2) is 69.5 Å². The molecule has 0 atom stereocenters. The molecule has 0 saturated carbocycles. The van der Waals surface area contributed by atoms with Crippen LogP contribution in [-0.2, 0) is 4.74 Å². The Labute approximate surface area is 149 Å². The van der Waals surface area contributed by atoms with E-state index in [9.17, 15) is 0 Å². The lowest BCUT2D eigenvalue weighted by molar-refractivity contribution is 0.0548. The van der Waals surface area contributed by atoms with Gasteiger partial charge in [-0.3, -0.25) is 0 Å². The van der Waals surface area contributed by atoms with Crippen molar-refractivity contribution in [1.29, 1.82) is 0 Å². The molecule has 1 aliphatic heterocycles. The highest BCUT2D eigenvalue weighted by Crippen LogP contribution is 2.34. The maximum atomic E-state index is 5.52. The summed E-state index contributed by atoms with van der Waals surface area (Å²) in [6.45, 7) is 5.39. The summed E-state index contributed by atoms with van der Waals surface area (Å²) in [7, 11) is 0. The molecule has 0 radical (unpaired) electrons. The molecule has 0 bridgehead atoms. The summed E-state index contributed by atoms with van der Waals surface area (Å²) in [6.07, 6.45) is 11.8. The third-order valence-corrected chi connectivity index (χ3v) is 4.37. The quantitative estimate of drug-likeness (QED) is 0.600. The van der Waals surface area contributed by atoms with Crippen LogP contribution in [0.4, 0.5) is 0 Å². The fraction of sp³-hybridized carbons (Fsp3) is 0.333. The second-order valence-corrected chi connectivity index (χ2v) is 6.09. The van der Waals surface area contributed by atoms with E-state index in [1.807, 2.05) is 25.3 Å². The average Bonchev–Trinajstić information content (AvgIpc) is 3.05. The molecule has 0 spiro atoms. The van der Waals surface area contributed by atoms with E-state index in [0.29, 0.717) is 0 Å². The molecule has 1 aromatic carbocycles. The van der Waals surface area contributed by atoms with Crippen LogP contribution in [0.1, 0.15) is 25.3 Å². The van der Waals surface area contributed by atoms with E-state index >= 15 is 0 Å². The minimum atomic E-state index is 0.784. The van der Waals surface area contributed by atoms with Crippen LogP contribution in [0.25, 0.3) is 6.08 Å². The van der Waals surface area contributed by atoms with E-state index in [-0.39, 0.29) is 0 Å². The van der Waals surface area contributed by atoms with E-state index in [1.165, 1.54) is 22.4 Å². The molecule has 0 amide bonds. The highest BCUT2D eigenvalue weighted by molar-refractivity contribution is 5.84. The first-order valence-corrected chi connectivity index (χ1v) is 8.88. The Hall–Kier alpha value is -2.46. The van der Waals surface area contributed by atoms with Crippen LogP contribution in [0, 0.1) is 0 Å². The maximum Gasteiger partial charge on any atom is 0.0642 e. The van der Waals surface area contributed by atoms with E-state index in [0.717, 1.165) is 39.1 Å². The summed E-state index contributed by atoms with van der Waals surface area (Å²) < 4.78 is 5.52. The zero-order valence-corrected chi connectivity index (χ0v) is 14.8. The summed E-state index contributed by atoms with van der Waals surface area (Å²) in [5.74, 6) is 0. The van der Waals surface area contributed by atoms with Gasteiger partial charge in [0, 0.05) is 25.0 Å². The summed E-state index contributed by atoms with van der Waals surface area (Å²) in [5.41, 5.74) is 5.21. The molecule has 2 aliphatic rings. The Morgan fingerprint density at radius 1 is 1.04 bits per heavy atom. The van der Waals surface area contributed by atoms with Crippen molar-refractivity contribution < 1.29 is 4.74 Å². The van der Waals surface area contributed by atoms with Gasteiger partial charge >= 0.3 is 0 Å². The van der Waals surface area contributed by atoms with Gasteiger partial charge in [0.1, 0.15) is 0 Å². The Balaban J connectivity index is 1.89. The summed E-state index contributed by atoms with van der Waals surface area (Å²) >= 11 is 0. The van der Waals surface area contributed by atoms with Gasteiger partial charge in [0.25, 0.3) is 0 Å². The number of ether oxygens (including phenoxy) is 1. The molecule has 1 fully saturated rings. The molecule has 0 N–H and O–H groups in total. The number of benzene rings is 1. The molecule has 1 saturated heterocycles. The first kappa shape index (κ1) is 17.4. The minimum absolute atomic E-state index is 0.784. The monoisotopic (exact) mass is 335 g/mol. The number of hydrogen-bond donors (Lipinski definition) is 0. The van der Waals surface area contributed by atoms with Crippen molar-refractivity contribution >= 4 is 18.5 Å². The second-order valence-electron chi connectivity index (χ2n) is 6.09. The van der Waals surface area contributed by atoms with Crippen molar-refractivity contribution in [3.63, 3.8) is 0 Å². The predicted octanol–water partition coefficient (Wildman–Crippen LogP) is 4.08. The van der Waals surface area contributed by atoms with Crippen LogP contribution < -0.4 is 0 Å². The van der Waals surface area contributed by atoms with Gasteiger partial charge in [0.2, 0.25) is 0 Å². The molecule has 25 heavy (non-hydrogen) atoms. The van der Waals surface area contributed by atoms with Crippen molar-refractivity contribution in [2.24, 2.45) is 10.2 Å². The van der Waals surface area contributed by atoms with Gasteiger partial charge in [-0.25, -0.2) is 0 Å². The smallest absolute Gasteiger partial charge is 0.0642 e. The molecule has 1 aliphatic carbocycles. The molecular weight excluding hydrogens is 310 g/mol. The summed E-state index contributed by atoms with van der Waals surface area (Å²) in [4.78, 5) is 2.43. The Morgan fingerprint density at radius 3 is 2.60 bits per heavy atom. The van der Waals surface area contributed by atoms with E-state index in [2.05, 4.69) is 51.5 Å². The number of allylic oxidation sites excluding steroid dienone is 4. The molecule has 3 rings (SSSR count). The lowest BCUT2D eigenvalue weighted by Gasteiger charge is -2.31. The standard InChI is InChI=1S/C21H25N3O/c1-2-3-11-22-23-17-20-10-9-19(16-18-7-5-4-6-8-18)21(20)24-12-14-25-15-13-24/h2-8,11,16-17H,9-10,12-15H2,1H3/b3-2+,19-16?,22-11-,23-17-. The molecule has 0 unspecified atom stereocenters. The van der Waals surface area contributed by atoms with Gasteiger partial charge in [-0.05, 0) is 48.6 Å². The highest BCUT2D eigenvalue weighted by atomic mass is 16.5. The van der Waals surface area contributed by atoms with Gasteiger partial charge in [0.15, 0.2) is 0 Å². The second kappa shape index (κ2) is 9.14. The van der Waals surface area contributed by atoms with Crippen LogP contribution in [0.2, 0.25) is 0 Å². The fourth-order valence-corrected chi connectivity index (χ4v) is 3.19. The van der Waals surface area contributed by atoms with Crippen molar-refractivity contribution in [3.05, 3.63) is 64.9 Å². The molecular formula is C21H25N3O. The maximum absolute atomic E-state index is 5.52. The van der Waals surface area contributed by atoms with Crippen LogP contribution in [0.5, 0.6) is 0 Å². The van der Waals surface area contributed by atoms with Crippen molar-refractivity contribution in [2.45, 2.75) is 19.8 Å². The Bertz CT molecular complexity index is 708. The number of rotatable bonds is 5. The van der Waals surface area contributed by atoms with Crippen LogP contribution in [0.3, 0.4) is 0 Å². The SMILES string of the molecule is C/C=C/C=N\N=C/C1=C(N2CCOCC2)C(=Cc2ccccc2)CC1. The van der Waals surface area contributed by atoms with Gasteiger partial charge in [-0.15, -0.1) is 0 Å². The van der Waals surface area contributed by atoms with Crippen LogP contribution in [-0.4, -0.2) is 43.6 Å². The number of nitrogens with zero attached hydrogens (tertiary/aromatic N) is 3. The molecule has 4 heteroatoms. The number of morpholine rings is 1. The Kier molecular flexibility index (Phi) is 6.35.